The first-order chi connectivity index (χ1) is 12.2. The van der Waals surface area contributed by atoms with E-state index in [0.717, 1.165) is 43.2 Å². The van der Waals surface area contributed by atoms with Crippen molar-refractivity contribution in [1.82, 2.24) is 24.4 Å². The molecule has 1 atom stereocenters. The fourth-order valence-corrected chi connectivity index (χ4v) is 4.34. The lowest BCUT2D eigenvalue weighted by Gasteiger charge is -2.34. The van der Waals surface area contributed by atoms with Gasteiger partial charge in [-0.3, -0.25) is 4.90 Å². The van der Waals surface area contributed by atoms with Crippen LogP contribution in [-0.4, -0.2) is 50.6 Å². The molecule has 2 aliphatic rings. The Bertz CT molecular complexity index is 689. The number of aryl methyl sites for hydroxylation is 1. The van der Waals surface area contributed by atoms with Crippen LogP contribution in [0, 0.1) is 18.8 Å². The lowest BCUT2D eigenvalue weighted by molar-refractivity contribution is 0.249. The number of hydrogen-bond acceptors (Lipinski definition) is 5. The average molecular weight is 340 g/mol. The Morgan fingerprint density at radius 1 is 1.00 bits per heavy atom. The lowest BCUT2D eigenvalue weighted by Crippen LogP contribution is -2.37. The summed E-state index contributed by atoms with van der Waals surface area (Å²) in [6.07, 6.45) is 9.57. The standard InChI is InChI=1S/C19H28N6/c1-15-22-12-18(23(15)2)14-24-9-4-17(13-24)16-5-10-25(11-6-16)19-20-7-3-8-21-19/h3,7-8,12,16-17H,4-6,9-11,13-14H2,1-2H3. The van der Waals surface area contributed by atoms with Gasteiger partial charge < -0.3 is 9.47 Å². The first-order valence-electron chi connectivity index (χ1n) is 9.42. The summed E-state index contributed by atoms with van der Waals surface area (Å²) in [6, 6.07) is 1.88. The first kappa shape index (κ1) is 16.5. The van der Waals surface area contributed by atoms with Gasteiger partial charge >= 0.3 is 0 Å². The van der Waals surface area contributed by atoms with E-state index in [0.29, 0.717) is 0 Å². The summed E-state index contributed by atoms with van der Waals surface area (Å²) in [5.74, 6) is 3.67. The number of anilines is 1. The molecule has 6 nitrogen and oxygen atoms in total. The molecular formula is C19H28N6. The van der Waals surface area contributed by atoms with E-state index in [1.54, 1.807) is 0 Å². The topological polar surface area (TPSA) is 50.1 Å². The Labute approximate surface area is 149 Å². The van der Waals surface area contributed by atoms with E-state index in [2.05, 4.69) is 43.3 Å². The summed E-state index contributed by atoms with van der Waals surface area (Å²) in [5.41, 5.74) is 1.33. The largest absolute Gasteiger partial charge is 0.341 e. The number of imidazole rings is 1. The number of piperidine rings is 1. The van der Waals surface area contributed by atoms with Gasteiger partial charge in [-0.2, -0.15) is 0 Å². The van der Waals surface area contributed by atoms with Crippen LogP contribution in [0.5, 0.6) is 0 Å². The fourth-order valence-electron chi connectivity index (χ4n) is 4.34. The highest BCUT2D eigenvalue weighted by atomic mass is 15.2. The molecule has 0 amide bonds. The Morgan fingerprint density at radius 3 is 2.40 bits per heavy atom. The van der Waals surface area contributed by atoms with Crippen LogP contribution in [-0.2, 0) is 13.6 Å². The van der Waals surface area contributed by atoms with Crippen LogP contribution in [0.2, 0.25) is 0 Å². The maximum Gasteiger partial charge on any atom is 0.225 e. The normalized spacial score (nSPS) is 22.6. The number of nitrogens with zero attached hydrogens (tertiary/aromatic N) is 6. The molecule has 2 fully saturated rings. The molecule has 0 saturated carbocycles. The minimum atomic E-state index is 0.841. The van der Waals surface area contributed by atoms with E-state index in [1.807, 2.05) is 24.7 Å². The molecule has 0 aliphatic carbocycles. The molecule has 0 bridgehead atoms. The molecule has 0 radical (unpaired) electrons. The summed E-state index contributed by atoms with van der Waals surface area (Å²) >= 11 is 0. The van der Waals surface area contributed by atoms with Crippen molar-refractivity contribution in [2.24, 2.45) is 18.9 Å². The SMILES string of the molecule is Cc1ncc(CN2CCC(C3CCN(c4ncccn4)CC3)C2)n1C. The smallest absolute Gasteiger partial charge is 0.225 e. The molecule has 4 rings (SSSR count). The number of likely N-dealkylation sites (tertiary alicyclic amines) is 1. The van der Waals surface area contributed by atoms with E-state index >= 15 is 0 Å². The van der Waals surface area contributed by atoms with Crippen molar-refractivity contribution in [3.63, 3.8) is 0 Å². The highest BCUT2D eigenvalue weighted by Crippen LogP contribution is 2.33. The number of aromatic nitrogens is 4. The third-order valence-electron chi connectivity index (χ3n) is 6.05. The van der Waals surface area contributed by atoms with Crippen LogP contribution in [0.25, 0.3) is 0 Å². The van der Waals surface area contributed by atoms with E-state index in [1.165, 1.54) is 38.0 Å². The Hall–Kier alpha value is -1.95. The zero-order valence-electron chi connectivity index (χ0n) is 15.3. The minimum absolute atomic E-state index is 0.841. The number of hydrogen-bond donors (Lipinski definition) is 0. The third kappa shape index (κ3) is 3.54. The van der Waals surface area contributed by atoms with Gasteiger partial charge in [0.2, 0.25) is 5.95 Å². The summed E-state index contributed by atoms with van der Waals surface area (Å²) in [7, 11) is 2.12. The zero-order chi connectivity index (χ0) is 17.2. The molecule has 134 valence electrons. The molecule has 2 aromatic heterocycles. The quantitative estimate of drug-likeness (QED) is 0.854. The van der Waals surface area contributed by atoms with Crippen LogP contribution in [0.1, 0.15) is 30.8 Å². The molecule has 0 N–H and O–H groups in total. The molecule has 2 saturated heterocycles. The second-order valence-electron chi connectivity index (χ2n) is 7.51. The van der Waals surface area contributed by atoms with Gasteiger partial charge in [0.25, 0.3) is 0 Å². The van der Waals surface area contributed by atoms with Gasteiger partial charge in [-0.05, 0) is 50.6 Å². The van der Waals surface area contributed by atoms with Gasteiger partial charge in [0.05, 0.1) is 5.69 Å². The van der Waals surface area contributed by atoms with E-state index in [9.17, 15) is 0 Å². The van der Waals surface area contributed by atoms with Gasteiger partial charge in [-0.15, -0.1) is 0 Å². The van der Waals surface area contributed by atoms with Crippen LogP contribution < -0.4 is 4.90 Å². The van der Waals surface area contributed by atoms with Gasteiger partial charge in [0, 0.05) is 51.8 Å². The summed E-state index contributed by atoms with van der Waals surface area (Å²) in [6.45, 7) is 7.73. The molecule has 0 aromatic carbocycles. The van der Waals surface area contributed by atoms with Crippen molar-refractivity contribution in [3.05, 3.63) is 36.2 Å². The highest BCUT2D eigenvalue weighted by Gasteiger charge is 2.32. The minimum Gasteiger partial charge on any atom is -0.341 e. The molecule has 1 unspecified atom stereocenters. The van der Waals surface area contributed by atoms with Gasteiger partial charge in [0.1, 0.15) is 5.82 Å². The summed E-state index contributed by atoms with van der Waals surface area (Å²) in [4.78, 5) is 18.1. The van der Waals surface area contributed by atoms with Crippen molar-refractivity contribution in [3.8, 4) is 0 Å². The maximum absolute atomic E-state index is 4.42. The van der Waals surface area contributed by atoms with Crippen LogP contribution in [0.15, 0.2) is 24.7 Å². The maximum atomic E-state index is 4.42. The molecule has 2 aliphatic heterocycles. The van der Waals surface area contributed by atoms with Crippen LogP contribution in [0.3, 0.4) is 0 Å². The monoisotopic (exact) mass is 340 g/mol. The second-order valence-corrected chi connectivity index (χ2v) is 7.51. The van der Waals surface area contributed by atoms with E-state index in [-0.39, 0.29) is 0 Å². The second kappa shape index (κ2) is 7.12. The molecule has 6 heteroatoms. The van der Waals surface area contributed by atoms with Crippen molar-refractivity contribution >= 4 is 5.95 Å². The summed E-state index contributed by atoms with van der Waals surface area (Å²) < 4.78 is 2.21. The van der Waals surface area contributed by atoms with Crippen molar-refractivity contribution in [1.29, 1.82) is 0 Å². The highest BCUT2D eigenvalue weighted by molar-refractivity contribution is 5.28. The van der Waals surface area contributed by atoms with E-state index < -0.39 is 0 Å². The molecular weight excluding hydrogens is 312 g/mol. The molecule has 0 spiro atoms. The summed E-state index contributed by atoms with van der Waals surface area (Å²) in [5, 5.41) is 0. The predicted octanol–water partition coefficient (Wildman–Crippen LogP) is 2.26. The average Bonchev–Trinajstić information content (AvgIpc) is 3.25. The Kier molecular flexibility index (Phi) is 4.70. The first-order valence-corrected chi connectivity index (χ1v) is 9.42. The molecule has 25 heavy (non-hydrogen) atoms. The predicted molar refractivity (Wildman–Crippen MR) is 98.3 cm³/mol. The van der Waals surface area contributed by atoms with Crippen LogP contribution >= 0.6 is 0 Å². The Balaban J connectivity index is 1.29. The third-order valence-corrected chi connectivity index (χ3v) is 6.05. The van der Waals surface area contributed by atoms with Gasteiger partial charge in [-0.25, -0.2) is 15.0 Å². The number of rotatable bonds is 4. The van der Waals surface area contributed by atoms with Crippen LogP contribution in [0.4, 0.5) is 5.95 Å². The van der Waals surface area contributed by atoms with Crippen molar-refractivity contribution in [2.75, 3.05) is 31.1 Å². The van der Waals surface area contributed by atoms with E-state index in [4.69, 9.17) is 0 Å². The zero-order valence-corrected chi connectivity index (χ0v) is 15.3. The molecule has 2 aromatic rings. The van der Waals surface area contributed by atoms with Gasteiger partial charge in [-0.1, -0.05) is 0 Å². The van der Waals surface area contributed by atoms with Gasteiger partial charge in [0.15, 0.2) is 0 Å². The van der Waals surface area contributed by atoms with Crippen molar-refractivity contribution in [2.45, 2.75) is 32.7 Å². The van der Waals surface area contributed by atoms with Crippen molar-refractivity contribution < 1.29 is 0 Å². The lowest BCUT2D eigenvalue weighted by atomic mass is 9.84. The molecule has 4 heterocycles. The fraction of sp³-hybridized carbons (Fsp3) is 0.632. The Morgan fingerprint density at radius 2 is 1.72 bits per heavy atom.